The molecule has 2 heteroatoms. The first-order chi connectivity index (χ1) is 2.81. The molecule has 0 amide bonds. The van der Waals surface area contributed by atoms with Gasteiger partial charge in [-0.2, -0.15) is 0 Å². The minimum Gasteiger partial charge on any atom is -1.00 e. The minimum atomic E-state index is 0. The van der Waals surface area contributed by atoms with Gasteiger partial charge in [0.05, 0.1) is 0 Å². The van der Waals surface area contributed by atoms with Gasteiger partial charge in [0.25, 0.3) is 0 Å². The van der Waals surface area contributed by atoms with Crippen LogP contribution in [0.5, 0.6) is 0 Å². The van der Waals surface area contributed by atoms with E-state index >= 15 is 0 Å². The average molecular weight is 151 g/mol. The zero-order chi connectivity index (χ0) is 4.99. The fourth-order valence-electron chi connectivity index (χ4n) is 0.224. The predicted octanol–water partition coefficient (Wildman–Crippen LogP) is -0.0539. The van der Waals surface area contributed by atoms with E-state index in [-0.39, 0.29) is 4.28 Å². The van der Waals surface area contributed by atoms with Crippen molar-refractivity contribution >= 4 is 16.7 Å². The third-order valence-corrected chi connectivity index (χ3v) is 3.73. The van der Waals surface area contributed by atoms with Crippen LogP contribution in [0.1, 0.15) is 18.1 Å². The third kappa shape index (κ3) is 2.72. The molecule has 0 fully saturated rings. The maximum atomic E-state index is 2.44. The topological polar surface area (TPSA) is 3.24 Å². The molecule has 0 heterocycles. The van der Waals surface area contributed by atoms with E-state index in [1.54, 1.807) is 0 Å². The van der Waals surface area contributed by atoms with Crippen LogP contribution in [-0.4, -0.2) is 33.7 Å². The molecule has 1 nitrogen and oxygen atoms in total. The van der Waals surface area contributed by atoms with Crippen molar-refractivity contribution < 1.29 is 4.28 Å². The molecule has 0 rings (SSSR count). The summed E-state index contributed by atoms with van der Waals surface area (Å²) in [7, 11) is 0. The summed E-state index contributed by atoms with van der Waals surface area (Å²) in [6.45, 7) is 6.90. The van der Waals surface area contributed by atoms with Crippen LogP contribution in [0, 0.1) is 0 Å². The van der Waals surface area contributed by atoms with E-state index in [9.17, 15) is 0 Å². The van der Waals surface area contributed by atoms with Crippen LogP contribution < -0.4 is 0 Å². The normalized spacial score (nSPS) is 10.5. The SMILES string of the molecule is CC[N]([GeH3])CC.[H-].[H-].[H-]. The molecule has 0 unspecified atom stereocenters. The van der Waals surface area contributed by atoms with Gasteiger partial charge in [-0.1, -0.05) is 0 Å². The molecule has 0 atom stereocenters. The Morgan fingerprint density at radius 1 is 1.50 bits per heavy atom. The van der Waals surface area contributed by atoms with Gasteiger partial charge in [0.2, 0.25) is 0 Å². The standard InChI is InChI=1S/C4H13GeN.3H/c1-3-6(5)4-2;;;/h3-4H2,1-2,5H3;;;/q;3*-1. The maximum Gasteiger partial charge on any atom is -1.00 e. The van der Waals surface area contributed by atoms with E-state index in [0.29, 0.717) is 0 Å². The molecule has 0 aromatic carbocycles. The van der Waals surface area contributed by atoms with E-state index in [0.717, 1.165) is 16.7 Å². The molecule has 0 radical (unpaired) electrons. The smallest absolute Gasteiger partial charge is 1.00 e. The molecule has 0 saturated carbocycles. The Labute approximate surface area is 52.6 Å². The van der Waals surface area contributed by atoms with E-state index in [1.165, 1.54) is 13.1 Å². The van der Waals surface area contributed by atoms with Gasteiger partial charge in [0.1, 0.15) is 0 Å². The van der Waals surface area contributed by atoms with Crippen molar-refractivity contribution in [2.24, 2.45) is 0 Å². The van der Waals surface area contributed by atoms with Gasteiger partial charge in [-0.25, -0.2) is 0 Å². The van der Waals surface area contributed by atoms with Gasteiger partial charge in [0, 0.05) is 0 Å². The first-order valence-corrected chi connectivity index (χ1v) is 4.37. The van der Waals surface area contributed by atoms with Crippen LogP contribution in [0.4, 0.5) is 0 Å². The molecule has 44 valence electrons. The zero-order valence-electron chi connectivity index (χ0n) is 7.86. The Bertz CT molecular complexity index is 35.0. The van der Waals surface area contributed by atoms with Crippen molar-refractivity contribution in [2.45, 2.75) is 13.8 Å². The van der Waals surface area contributed by atoms with Crippen molar-refractivity contribution in [3.8, 4) is 0 Å². The predicted molar refractivity (Wildman–Crippen MR) is 36.2 cm³/mol. The summed E-state index contributed by atoms with van der Waals surface area (Å²) in [5.74, 6) is 0. The van der Waals surface area contributed by atoms with Gasteiger partial charge in [0.15, 0.2) is 0 Å². The molecule has 0 aliphatic heterocycles. The Morgan fingerprint density at radius 2 is 1.83 bits per heavy atom. The second-order valence-electron chi connectivity index (χ2n) is 1.49. The molecule has 0 saturated heterocycles. The second-order valence-corrected chi connectivity index (χ2v) is 4.14. The molecule has 0 aromatic heterocycles. The average Bonchev–Trinajstić information content (AvgIpc) is 1.65. The summed E-state index contributed by atoms with van der Waals surface area (Å²) in [5, 5.41) is 0. The van der Waals surface area contributed by atoms with Crippen LogP contribution in [0.2, 0.25) is 0 Å². The first-order valence-electron chi connectivity index (χ1n) is 2.49. The number of hydrogen-bond acceptors (Lipinski definition) is 1. The molecule has 0 N–H and O–H groups in total. The van der Waals surface area contributed by atoms with E-state index in [4.69, 9.17) is 0 Å². The van der Waals surface area contributed by atoms with E-state index in [1.807, 2.05) is 0 Å². The van der Waals surface area contributed by atoms with Crippen LogP contribution in [0.3, 0.4) is 0 Å². The Morgan fingerprint density at radius 3 is 1.83 bits per heavy atom. The summed E-state index contributed by atoms with van der Waals surface area (Å²) >= 11 is 0.913. The largest absolute Gasteiger partial charge is 1.00 e. The summed E-state index contributed by atoms with van der Waals surface area (Å²) in [6, 6.07) is 0. The van der Waals surface area contributed by atoms with Gasteiger partial charge in [-0.05, 0) is 0 Å². The molecule has 0 bridgehead atoms. The van der Waals surface area contributed by atoms with Crippen LogP contribution in [-0.2, 0) is 0 Å². The van der Waals surface area contributed by atoms with Gasteiger partial charge in [-0.3, -0.25) is 0 Å². The monoisotopic (exact) mass is 152 g/mol. The summed E-state index contributed by atoms with van der Waals surface area (Å²) in [4.78, 5) is 0. The van der Waals surface area contributed by atoms with Crippen LogP contribution in [0.25, 0.3) is 0 Å². The molecular weight excluding hydrogens is 135 g/mol. The molecule has 0 aliphatic rings. The van der Waals surface area contributed by atoms with E-state index in [2.05, 4.69) is 17.7 Å². The number of nitrogens with zero attached hydrogens (tertiary/aromatic N) is 1. The van der Waals surface area contributed by atoms with Crippen molar-refractivity contribution in [1.29, 1.82) is 0 Å². The van der Waals surface area contributed by atoms with Gasteiger partial charge < -0.3 is 4.28 Å². The number of rotatable bonds is 2. The quantitative estimate of drug-likeness (QED) is 0.499. The zero-order valence-corrected chi connectivity index (χ0v) is 9.06. The van der Waals surface area contributed by atoms with E-state index < -0.39 is 0 Å². The second kappa shape index (κ2) is 3.68. The molecule has 0 aromatic rings. The third-order valence-electron chi connectivity index (χ3n) is 1.08. The Balaban J connectivity index is -0.0000000417. The maximum absolute atomic E-state index is 2.44. The van der Waals surface area contributed by atoms with Crippen molar-refractivity contribution in [3.05, 3.63) is 0 Å². The Kier molecular flexibility index (Phi) is 3.99. The summed E-state index contributed by atoms with van der Waals surface area (Å²) in [5.41, 5.74) is 0. The minimum absolute atomic E-state index is 0. The van der Waals surface area contributed by atoms with Gasteiger partial charge >= 0.3 is 47.5 Å². The fourth-order valence-corrected chi connectivity index (χ4v) is 0.224. The van der Waals surface area contributed by atoms with Crippen molar-refractivity contribution in [3.63, 3.8) is 0 Å². The van der Waals surface area contributed by atoms with Crippen LogP contribution >= 0.6 is 0 Å². The molecule has 6 heavy (non-hydrogen) atoms. The summed E-state index contributed by atoms with van der Waals surface area (Å²) < 4.78 is 2.44. The first kappa shape index (κ1) is 6.50. The fraction of sp³-hybridized carbons (Fsp3) is 1.00. The van der Waals surface area contributed by atoms with Gasteiger partial charge in [-0.15, -0.1) is 0 Å². The molecular formula is C4H16GeN-3. The van der Waals surface area contributed by atoms with Crippen molar-refractivity contribution in [2.75, 3.05) is 13.1 Å². The van der Waals surface area contributed by atoms with Crippen molar-refractivity contribution in [1.82, 2.24) is 3.86 Å². The Hall–Kier alpha value is 0.503. The number of hydrogen-bond donors (Lipinski definition) is 0. The van der Waals surface area contributed by atoms with Crippen LogP contribution in [0.15, 0.2) is 0 Å². The molecule has 0 spiro atoms. The summed E-state index contributed by atoms with van der Waals surface area (Å²) in [6.07, 6.45) is 0. The molecule has 0 aliphatic carbocycles.